The summed E-state index contributed by atoms with van der Waals surface area (Å²) in [4.78, 5) is 12.6. The van der Waals surface area contributed by atoms with Crippen molar-refractivity contribution in [3.05, 3.63) is 0 Å². The van der Waals surface area contributed by atoms with Gasteiger partial charge in [0.2, 0.25) is 0 Å². The number of likely N-dealkylation sites (N-methyl/N-ethyl adjacent to an activating group) is 1. The molecular weight excluding hydrogens is 226 g/mol. The Labute approximate surface area is 111 Å². The lowest BCUT2D eigenvalue weighted by atomic mass is 9.77. The van der Waals surface area contributed by atoms with Gasteiger partial charge in [0.05, 0.1) is 11.1 Å². The van der Waals surface area contributed by atoms with Gasteiger partial charge in [-0.05, 0) is 46.1 Å². The van der Waals surface area contributed by atoms with Crippen LogP contribution in [0.1, 0.15) is 59.3 Å². The van der Waals surface area contributed by atoms with Gasteiger partial charge in [-0.15, -0.1) is 0 Å². The third-order valence-corrected chi connectivity index (χ3v) is 4.61. The van der Waals surface area contributed by atoms with Crippen molar-refractivity contribution in [2.45, 2.75) is 70.4 Å². The van der Waals surface area contributed by atoms with Gasteiger partial charge in [0.1, 0.15) is 0 Å². The molecule has 2 aliphatic rings. The van der Waals surface area contributed by atoms with E-state index in [1.165, 1.54) is 12.8 Å². The van der Waals surface area contributed by atoms with Crippen LogP contribution in [0.15, 0.2) is 0 Å². The van der Waals surface area contributed by atoms with E-state index in [2.05, 4.69) is 12.2 Å². The number of hydrogen-bond donors (Lipinski definition) is 1. The molecule has 0 aromatic heterocycles. The number of rotatable bonds is 4. The van der Waals surface area contributed by atoms with Crippen LogP contribution in [0, 0.1) is 5.92 Å². The molecule has 1 saturated heterocycles. The lowest BCUT2D eigenvalue weighted by Gasteiger charge is -2.40. The zero-order chi connectivity index (χ0) is 13.2. The highest BCUT2D eigenvalue weighted by atomic mass is 16.5. The highest BCUT2D eigenvalue weighted by Gasteiger charge is 2.44. The molecule has 1 N–H and O–H groups in total. The van der Waals surface area contributed by atoms with E-state index in [1.54, 1.807) is 0 Å². The molecule has 0 bridgehead atoms. The number of hydrogen-bond acceptors (Lipinski definition) is 3. The third-order valence-electron chi connectivity index (χ3n) is 4.61. The number of ether oxygens (including phenoxy) is 1. The van der Waals surface area contributed by atoms with Gasteiger partial charge in [0.25, 0.3) is 0 Å². The largest absolute Gasteiger partial charge is 0.375 e. The van der Waals surface area contributed by atoms with Gasteiger partial charge in [0.15, 0.2) is 5.78 Å². The molecule has 1 aliphatic heterocycles. The molecule has 0 amide bonds. The quantitative estimate of drug-likeness (QED) is 0.837. The Morgan fingerprint density at radius 1 is 1.39 bits per heavy atom. The summed E-state index contributed by atoms with van der Waals surface area (Å²) in [5.74, 6) is 0.560. The molecule has 18 heavy (non-hydrogen) atoms. The van der Waals surface area contributed by atoms with Gasteiger partial charge in [-0.2, -0.15) is 0 Å². The van der Waals surface area contributed by atoms with E-state index in [0.29, 0.717) is 5.78 Å². The number of Topliss-reactive ketones (excluding diaryl/α,β-unsaturated/α-hetero) is 1. The zero-order valence-electron chi connectivity index (χ0n) is 12.1. The minimum Gasteiger partial charge on any atom is -0.375 e. The van der Waals surface area contributed by atoms with Crippen LogP contribution in [-0.2, 0) is 9.53 Å². The first kappa shape index (κ1) is 14.0. The fourth-order valence-electron chi connectivity index (χ4n) is 3.66. The highest BCUT2D eigenvalue weighted by molar-refractivity contribution is 5.89. The van der Waals surface area contributed by atoms with Gasteiger partial charge in [0, 0.05) is 12.5 Å². The molecule has 0 aromatic rings. The number of carbonyl (C=O) groups is 1. The van der Waals surface area contributed by atoms with E-state index in [0.717, 1.165) is 38.8 Å². The molecule has 1 heterocycles. The molecule has 2 fully saturated rings. The van der Waals surface area contributed by atoms with E-state index in [4.69, 9.17) is 4.74 Å². The Bertz CT molecular complexity index is 306. The van der Waals surface area contributed by atoms with Crippen molar-refractivity contribution in [1.82, 2.24) is 5.32 Å². The van der Waals surface area contributed by atoms with Crippen LogP contribution in [0.3, 0.4) is 0 Å². The van der Waals surface area contributed by atoms with Crippen molar-refractivity contribution >= 4 is 5.78 Å². The van der Waals surface area contributed by atoms with Crippen LogP contribution in [0.2, 0.25) is 0 Å². The van der Waals surface area contributed by atoms with Gasteiger partial charge >= 0.3 is 0 Å². The first-order valence-electron chi connectivity index (χ1n) is 7.42. The molecule has 2 rings (SSSR count). The predicted octanol–water partition coefficient (Wildman–Crippen LogP) is 2.68. The Balaban J connectivity index is 2.02. The summed E-state index contributed by atoms with van der Waals surface area (Å²) in [5.41, 5.74) is -0.350. The van der Waals surface area contributed by atoms with Gasteiger partial charge in [-0.1, -0.05) is 19.8 Å². The van der Waals surface area contributed by atoms with Crippen molar-refractivity contribution < 1.29 is 9.53 Å². The van der Waals surface area contributed by atoms with E-state index in [1.807, 2.05) is 13.8 Å². The van der Waals surface area contributed by atoms with Crippen molar-refractivity contribution in [2.24, 2.45) is 5.92 Å². The topological polar surface area (TPSA) is 38.3 Å². The minimum absolute atomic E-state index is 0.0425. The van der Waals surface area contributed by atoms with Crippen LogP contribution >= 0.6 is 0 Å². The van der Waals surface area contributed by atoms with Crippen LogP contribution in [0.25, 0.3) is 0 Å². The normalized spacial score (nSPS) is 27.6. The maximum atomic E-state index is 12.6. The Morgan fingerprint density at radius 2 is 2.06 bits per heavy atom. The zero-order valence-corrected chi connectivity index (χ0v) is 12.1. The second-order valence-corrected chi connectivity index (χ2v) is 6.45. The summed E-state index contributed by atoms with van der Waals surface area (Å²) in [6.07, 6.45) is 6.67. The molecule has 1 aliphatic carbocycles. The van der Waals surface area contributed by atoms with Gasteiger partial charge < -0.3 is 10.1 Å². The van der Waals surface area contributed by atoms with Gasteiger partial charge in [-0.25, -0.2) is 0 Å². The minimum atomic E-state index is -0.392. The Morgan fingerprint density at radius 3 is 2.67 bits per heavy atom. The van der Waals surface area contributed by atoms with Crippen LogP contribution in [0.4, 0.5) is 0 Å². The summed E-state index contributed by atoms with van der Waals surface area (Å²) in [6.45, 7) is 7.68. The molecule has 3 heteroatoms. The standard InChI is InChI=1S/C15H27NO2/c1-4-16-14(2,3)13(17)12-7-10-18-15(11-12)8-5-6-9-15/h12,16H,4-11H2,1-3H3. The second kappa shape index (κ2) is 5.30. The van der Waals surface area contributed by atoms with Gasteiger partial charge in [-0.3, -0.25) is 4.79 Å². The summed E-state index contributed by atoms with van der Waals surface area (Å²) in [7, 11) is 0. The van der Waals surface area contributed by atoms with E-state index in [9.17, 15) is 4.79 Å². The molecule has 0 radical (unpaired) electrons. The van der Waals surface area contributed by atoms with Crippen molar-refractivity contribution in [1.29, 1.82) is 0 Å². The predicted molar refractivity (Wildman–Crippen MR) is 72.6 cm³/mol. The first-order chi connectivity index (χ1) is 8.49. The maximum absolute atomic E-state index is 12.6. The average molecular weight is 253 g/mol. The fraction of sp³-hybridized carbons (Fsp3) is 0.933. The van der Waals surface area contributed by atoms with E-state index in [-0.39, 0.29) is 11.5 Å². The smallest absolute Gasteiger partial charge is 0.155 e. The van der Waals surface area contributed by atoms with Crippen LogP contribution < -0.4 is 5.32 Å². The molecule has 1 atom stereocenters. The second-order valence-electron chi connectivity index (χ2n) is 6.45. The number of ketones is 1. The highest BCUT2D eigenvalue weighted by Crippen LogP contribution is 2.42. The van der Waals surface area contributed by atoms with Crippen molar-refractivity contribution in [3.63, 3.8) is 0 Å². The lowest BCUT2D eigenvalue weighted by Crippen LogP contribution is -2.52. The average Bonchev–Trinajstić information content (AvgIpc) is 2.76. The monoisotopic (exact) mass is 253 g/mol. The number of nitrogens with one attached hydrogen (secondary N) is 1. The van der Waals surface area contributed by atoms with Crippen LogP contribution in [-0.4, -0.2) is 30.1 Å². The molecular formula is C15H27NO2. The Hall–Kier alpha value is -0.410. The number of carbonyl (C=O) groups excluding carboxylic acids is 1. The molecule has 1 spiro atoms. The Kier molecular flexibility index (Phi) is 4.12. The summed E-state index contributed by atoms with van der Waals surface area (Å²) >= 11 is 0. The lowest BCUT2D eigenvalue weighted by molar-refractivity contribution is -0.141. The third kappa shape index (κ3) is 2.77. The maximum Gasteiger partial charge on any atom is 0.155 e. The van der Waals surface area contributed by atoms with Crippen LogP contribution in [0.5, 0.6) is 0 Å². The molecule has 1 saturated carbocycles. The molecule has 1 unspecified atom stereocenters. The first-order valence-corrected chi connectivity index (χ1v) is 7.42. The van der Waals surface area contributed by atoms with Crippen molar-refractivity contribution in [3.8, 4) is 0 Å². The molecule has 3 nitrogen and oxygen atoms in total. The summed E-state index contributed by atoms with van der Waals surface area (Å²) in [5, 5.41) is 3.31. The fourth-order valence-corrected chi connectivity index (χ4v) is 3.66. The van der Waals surface area contributed by atoms with E-state index >= 15 is 0 Å². The SMILES string of the molecule is CCNC(C)(C)C(=O)C1CCOC2(CCCC2)C1. The molecule has 104 valence electrons. The summed E-state index contributed by atoms with van der Waals surface area (Å²) in [6, 6.07) is 0. The summed E-state index contributed by atoms with van der Waals surface area (Å²) < 4.78 is 6.01. The molecule has 0 aromatic carbocycles. The van der Waals surface area contributed by atoms with E-state index < -0.39 is 5.54 Å². The van der Waals surface area contributed by atoms with Crippen molar-refractivity contribution in [2.75, 3.05) is 13.2 Å².